The van der Waals surface area contributed by atoms with Crippen molar-refractivity contribution in [1.82, 2.24) is 10.2 Å². The van der Waals surface area contributed by atoms with Gasteiger partial charge >= 0.3 is 0 Å². The number of thioether (sulfide) groups is 1. The van der Waals surface area contributed by atoms with E-state index in [-0.39, 0.29) is 0 Å². The minimum atomic E-state index is 0.519. The van der Waals surface area contributed by atoms with Gasteiger partial charge in [0, 0.05) is 0 Å². The molecule has 1 atom stereocenters. The SMILES string of the molecule is CC(CN)CSCc1nnc(-c2ccc(Br)s2)o1. The molecule has 7 heteroatoms. The molecule has 0 aliphatic heterocycles. The van der Waals surface area contributed by atoms with E-state index < -0.39 is 0 Å². The second-order valence-corrected chi connectivity index (χ2v) is 7.45. The largest absolute Gasteiger partial charge is 0.419 e. The fourth-order valence-electron chi connectivity index (χ4n) is 1.26. The predicted octanol–water partition coefficient (Wildman–Crippen LogP) is 3.39. The van der Waals surface area contributed by atoms with Crippen LogP contribution in [0, 0.1) is 5.92 Å². The van der Waals surface area contributed by atoms with Crippen molar-refractivity contribution < 1.29 is 4.42 Å². The lowest BCUT2D eigenvalue weighted by Crippen LogP contribution is -2.12. The molecule has 2 rings (SSSR count). The fourth-order valence-corrected chi connectivity index (χ4v) is 3.51. The lowest BCUT2D eigenvalue weighted by atomic mass is 10.2. The molecule has 0 fully saturated rings. The minimum absolute atomic E-state index is 0.519. The first kappa shape index (κ1) is 14.0. The van der Waals surface area contributed by atoms with E-state index in [0.717, 1.165) is 20.2 Å². The Kier molecular flexibility index (Phi) is 5.23. The van der Waals surface area contributed by atoms with Gasteiger partial charge in [-0.05, 0) is 46.3 Å². The van der Waals surface area contributed by atoms with Crippen LogP contribution in [0.2, 0.25) is 0 Å². The number of hydrogen-bond donors (Lipinski definition) is 1. The molecular weight excluding hydrogens is 334 g/mol. The van der Waals surface area contributed by atoms with Crippen molar-refractivity contribution in [2.45, 2.75) is 12.7 Å². The van der Waals surface area contributed by atoms with Crippen LogP contribution in [-0.2, 0) is 5.75 Å². The van der Waals surface area contributed by atoms with Crippen LogP contribution >= 0.6 is 39.0 Å². The molecule has 0 aliphatic rings. The van der Waals surface area contributed by atoms with Crippen LogP contribution in [0.25, 0.3) is 10.8 Å². The summed E-state index contributed by atoms with van der Waals surface area (Å²) in [7, 11) is 0. The van der Waals surface area contributed by atoms with E-state index in [9.17, 15) is 0 Å². The second kappa shape index (κ2) is 6.70. The first-order chi connectivity index (χ1) is 8.69. The van der Waals surface area contributed by atoms with Gasteiger partial charge in [0.25, 0.3) is 5.89 Å². The lowest BCUT2D eigenvalue weighted by molar-refractivity contribution is 0.529. The molecule has 0 radical (unpaired) electrons. The molecule has 1 unspecified atom stereocenters. The standard InChI is InChI=1S/C11H14BrN3OS2/c1-7(4-13)5-17-6-10-14-15-11(16-10)8-2-3-9(12)18-8/h2-3,7H,4-6,13H2,1H3. The summed E-state index contributed by atoms with van der Waals surface area (Å²) in [4.78, 5) is 0.987. The predicted molar refractivity (Wildman–Crippen MR) is 79.7 cm³/mol. The summed E-state index contributed by atoms with van der Waals surface area (Å²) in [6, 6.07) is 3.94. The van der Waals surface area contributed by atoms with Gasteiger partial charge in [-0.25, -0.2) is 0 Å². The molecule has 2 aromatic rings. The Morgan fingerprint density at radius 1 is 1.50 bits per heavy atom. The number of aromatic nitrogens is 2. The molecular formula is C11H14BrN3OS2. The van der Waals surface area contributed by atoms with E-state index in [4.69, 9.17) is 10.2 Å². The Morgan fingerprint density at radius 3 is 3.00 bits per heavy atom. The maximum atomic E-state index is 5.61. The summed E-state index contributed by atoms with van der Waals surface area (Å²) in [5, 5.41) is 8.10. The van der Waals surface area contributed by atoms with Crippen LogP contribution in [0.15, 0.2) is 20.3 Å². The summed E-state index contributed by atoms with van der Waals surface area (Å²) in [6.07, 6.45) is 0. The highest BCUT2D eigenvalue weighted by Crippen LogP contribution is 2.30. The van der Waals surface area contributed by atoms with Gasteiger partial charge in [-0.3, -0.25) is 0 Å². The third-order valence-corrected chi connectivity index (χ3v) is 5.15. The summed E-state index contributed by atoms with van der Waals surface area (Å²) >= 11 is 6.77. The average molecular weight is 348 g/mol. The fraction of sp³-hybridized carbons (Fsp3) is 0.455. The van der Waals surface area contributed by atoms with Crippen molar-refractivity contribution in [1.29, 1.82) is 0 Å². The number of rotatable bonds is 6. The molecule has 2 aromatic heterocycles. The van der Waals surface area contributed by atoms with Gasteiger partial charge in [-0.2, -0.15) is 11.8 Å². The zero-order chi connectivity index (χ0) is 13.0. The molecule has 0 saturated heterocycles. The van der Waals surface area contributed by atoms with Crippen LogP contribution in [0.5, 0.6) is 0 Å². The third kappa shape index (κ3) is 3.81. The number of nitrogens with two attached hydrogens (primary N) is 1. The van der Waals surface area contributed by atoms with Gasteiger partial charge in [0.2, 0.25) is 5.89 Å². The highest BCUT2D eigenvalue weighted by Gasteiger charge is 2.11. The molecule has 4 nitrogen and oxygen atoms in total. The lowest BCUT2D eigenvalue weighted by Gasteiger charge is -2.05. The Hall–Kier alpha value is -0.370. The van der Waals surface area contributed by atoms with Gasteiger partial charge in [0.05, 0.1) is 14.4 Å². The summed E-state index contributed by atoms with van der Waals surface area (Å²) in [6.45, 7) is 2.85. The van der Waals surface area contributed by atoms with E-state index in [2.05, 4.69) is 33.1 Å². The molecule has 18 heavy (non-hydrogen) atoms. The summed E-state index contributed by atoms with van der Waals surface area (Å²) in [5.74, 6) is 3.53. The Balaban J connectivity index is 1.90. The normalized spacial score (nSPS) is 12.8. The molecule has 2 N–H and O–H groups in total. The van der Waals surface area contributed by atoms with E-state index in [1.54, 1.807) is 23.1 Å². The quantitative estimate of drug-likeness (QED) is 0.867. The second-order valence-electron chi connectivity index (χ2n) is 3.96. The minimum Gasteiger partial charge on any atom is -0.419 e. The highest BCUT2D eigenvalue weighted by atomic mass is 79.9. The number of nitrogens with zero attached hydrogens (tertiary/aromatic N) is 2. The van der Waals surface area contributed by atoms with Crippen molar-refractivity contribution >= 4 is 39.0 Å². The molecule has 0 bridgehead atoms. The number of hydrogen-bond acceptors (Lipinski definition) is 6. The number of halogens is 1. The molecule has 0 aromatic carbocycles. The van der Waals surface area contributed by atoms with Crippen LogP contribution < -0.4 is 5.73 Å². The van der Waals surface area contributed by atoms with Crippen LogP contribution in [0.1, 0.15) is 12.8 Å². The first-order valence-corrected chi connectivity index (χ1v) is 8.31. The smallest absolute Gasteiger partial charge is 0.257 e. The molecule has 0 spiro atoms. The summed E-state index contributed by atoms with van der Waals surface area (Å²) < 4.78 is 6.67. The third-order valence-electron chi connectivity index (χ3n) is 2.28. The zero-order valence-corrected chi connectivity index (χ0v) is 13.1. The Labute approximate surface area is 122 Å². The molecule has 98 valence electrons. The van der Waals surface area contributed by atoms with Crippen molar-refractivity contribution in [2.75, 3.05) is 12.3 Å². The van der Waals surface area contributed by atoms with Crippen molar-refractivity contribution in [2.24, 2.45) is 11.7 Å². The van der Waals surface area contributed by atoms with Gasteiger partial charge < -0.3 is 10.2 Å². The van der Waals surface area contributed by atoms with E-state index >= 15 is 0 Å². The number of thiophene rings is 1. The molecule has 0 aliphatic carbocycles. The Morgan fingerprint density at radius 2 is 2.33 bits per heavy atom. The molecule has 0 saturated carbocycles. The topological polar surface area (TPSA) is 64.9 Å². The monoisotopic (exact) mass is 347 g/mol. The maximum absolute atomic E-state index is 5.61. The van der Waals surface area contributed by atoms with Gasteiger partial charge in [-0.15, -0.1) is 21.5 Å². The van der Waals surface area contributed by atoms with Crippen LogP contribution in [0.3, 0.4) is 0 Å². The maximum Gasteiger partial charge on any atom is 0.257 e. The Bertz CT molecular complexity index is 500. The average Bonchev–Trinajstić information content (AvgIpc) is 2.97. The van der Waals surface area contributed by atoms with Gasteiger partial charge in [0.15, 0.2) is 0 Å². The molecule has 0 amide bonds. The first-order valence-electron chi connectivity index (χ1n) is 5.55. The van der Waals surface area contributed by atoms with E-state index in [1.807, 2.05) is 12.1 Å². The van der Waals surface area contributed by atoms with E-state index in [0.29, 0.717) is 24.2 Å². The van der Waals surface area contributed by atoms with Crippen molar-refractivity contribution in [3.05, 3.63) is 21.8 Å². The van der Waals surface area contributed by atoms with Crippen LogP contribution in [0.4, 0.5) is 0 Å². The van der Waals surface area contributed by atoms with E-state index in [1.165, 1.54) is 0 Å². The molecule has 2 heterocycles. The van der Waals surface area contributed by atoms with Gasteiger partial charge in [0.1, 0.15) is 0 Å². The highest BCUT2D eigenvalue weighted by molar-refractivity contribution is 9.11. The van der Waals surface area contributed by atoms with Gasteiger partial charge in [-0.1, -0.05) is 6.92 Å². The van der Waals surface area contributed by atoms with Crippen molar-refractivity contribution in [3.63, 3.8) is 0 Å². The van der Waals surface area contributed by atoms with Crippen LogP contribution in [-0.4, -0.2) is 22.5 Å². The zero-order valence-electron chi connectivity index (χ0n) is 9.93. The summed E-state index contributed by atoms with van der Waals surface area (Å²) in [5.41, 5.74) is 5.57. The van der Waals surface area contributed by atoms with Crippen molar-refractivity contribution in [3.8, 4) is 10.8 Å².